The zero-order valence-corrected chi connectivity index (χ0v) is 29.0. The molecule has 256 valence electrons. The normalized spacial score (nSPS) is 20.9. The lowest BCUT2D eigenvalue weighted by Crippen LogP contribution is -2.59. The van der Waals surface area contributed by atoms with Crippen LogP contribution >= 0.6 is 23.2 Å². The van der Waals surface area contributed by atoms with E-state index in [0.29, 0.717) is 34.7 Å². The Morgan fingerprint density at radius 1 is 0.938 bits per heavy atom. The molecule has 2 N–H and O–H groups in total. The Bertz CT molecular complexity index is 1790. The number of nitrogens with one attached hydrogen (secondary N) is 2. The lowest BCUT2D eigenvalue weighted by molar-refractivity contribution is -0.140. The molecule has 2 amide bonds. The van der Waals surface area contributed by atoms with Crippen LogP contribution in [0.5, 0.6) is 5.75 Å². The van der Waals surface area contributed by atoms with Gasteiger partial charge in [-0.25, -0.2) is 18.6 Å². The second kappa shape index (κ2) is 15.3. The van der Waals surface area contributed by atoms with Gasteiger partial charge in [-0.1, -0.05) is 66.4 Å². The summed E-state index contributed by atoms with van der Waals surface area (Å²) < 4.78 is 37.8. The number of halogens is 2. The number of sulfonamides is 1. The summed E-state index contributed by atoms with van der Waals surface area (Å²) in [5, 5.41) is 0.613. The van der Waals surface area contributed by atoms with E-state index < -0.39 is 40.0 Å². The average molecular weight is 719 g/mol. The molecule has 1 aliphatic heterocycles. The average Bonchev–Trinajstić information content (AvgIpc) is 3.05. The number of carbonyl (C=O) groups excluding carboxylic acids is 3. The molecule has 4 atom stereocenters. The lowest BCUT2D eigenvalue weighted by Gasteiger charge is -2.49. The smallest absolute Gasteiger partial charge is 0.309 e. The van der Waals surface area contributed by atoms with Crippen LogP contribution in [0.2, 0.25) is 10.0 Å². The van der Waals surface area contributed by atoms with Crippen molar-refractivity contribution in [2.75, 3.05) is 20.5 Å². The van der Waals surface area contributed by atoms with Gasteiger partial charge >= 0.3 is 5.97 Å². The van der Waals surface area contributed by atoms with Crippen LogP contribution in [0.25, 0.3) is 0 Å². The Labute approximate surface area is 289 Å². The van der Waals surface area contributed by atoms with Crippen molar-refractivity contribution in [1.29, 1.82) is 0 Å². The van der Waals surface area contributed by atoms with Crippen LogP contribution in [-0.2, 0) is 42.2 Å². The predicted octanol–water partition coefficient (Wildman–Crippen LogP) is 5.11. The molecule has 1 aliphatic carbocycles. The Morgan fingerprint density at radius 3 is 2.31 bits per heavy atom. The van der Waals surface area contributed by atoms with E-state index >= 15 is 0 Å². The highest BCUT2D eigenvalue weighted by Gasteiger charge is 2.49. The molecule has 1 saturated carbocycles. The standard InChI is InChI=1S/C34H37Cl2N3O8S/c1-45-23-13-15-24-26(18-23)31(33(41)37-47-19-21-10-8-20(9-11-21)16-30(40)46-2)32(25-14-12-22(35)17-27(25)36)39(34(24)42)29-7-5-4-6-28(29)38-48(3,43)44/h8-15,17-18,28-29,31-32,38H,4-7,16,19H2,1-3H3,(H,37,41)/t28-,29-,31+,32-/m0/s1. The van der Waals surface area contributed by atoms with E-state index in [-0.39, 0.29) is 35.5 Å². The minimum Gasteiger partial charge on any atom is -0.497 e. The molecule has 0 unspecified atom stereocenters. The number of carbonyl (C=O) groups is 3. The van der Waals surface area contributed by atoms with Crippen LogP contribution in [0, 0.1) is 0 Å². The highest BCUT2D eigenvalue weighted by atomic mass is 35.5. The molecule has 0 bridgehead atoms. The molecular weight excluding hydrogens is 681 g/mol. The first kappa shape index (κ1) is 35.6. The third-order valence-electron chi connectivity index (χ3n) is 8.70. The first-order chi connectivity index (χ1) is 22.9. The first-order valence-corrected chi connectivity index (χ1v) is 18.0. The number of hydrogen-bond donors (Lipinski definition) is 2. The molecule has 14 heteroatoms. The summed E-state index contributed by atoms with van der Waals surface area (Å²) in [7, 11) is -0.809. The summed E-state index contributed by atoms with van der Waals surface area (Å²) in [5.41, 5.74) is 5.23. The van der Waals surface area contributed by atoms with Gasteiger partial charge in [0.2, 0.25) is 10.0 Å². The van der Waals surface area contributed by atoms with Gasteiger partial charge in [0.15, 0.2) is 0 Å². The molecule has 1 fully saturated rings. The van der Waals surface area contributed by atoms with E-state index in [1.807, 2.05) is 0 Å². The van der Waals surface area contributed by atoms with Crippen LogP contribution in [-0.4, -0.2) is 63.7 Å². The van der Waals surface area contributed by atoms with Crippen molar-refractivity contribution in [2.24, 2.45) is 0 Å². The quantitative estimate of drug-likeness (QED) is 0.206. The maximum Gasteiger partial charge on any atom is 0.309 e. The van der Waals surface area contributed by atoms with Crippen LogP contribution in [0.15, 0.2) is 60.7 Å². The summed E-state index contributed by atoms with van der Waals surface area (Å²) in [4.78, 5) is 47.8. The number of ether oxygens (including phenoxy) is 2. The number of hydrogen-bond acceptors (Lipinski definition) is 8. The van der Waals surface area contributed by atoms with E-state index in [4.69, 9.17) is 37.5 Å². The van der Waals surface area contributed by atoms with Gasteiger partial charge in [0.1, 0.15) is 5.75 Å². The van der Waals surface area contributed by atoms with Gasteiger partial charge in [-0.15, -0.1) is 0 Å². The minimum absolute atomic E-state index is 0.0138. The van der Waals surface area contributed by atoms with E-state index in [1.54, 1.807) is 65.6 Å². The third-order valence-corrected chi connectivity index (χ3v) is 9.99. The fraction of sp³-hybridized carbons (Fsp3) is 0.382. The molecule has 2 aliphatic rings. The van der Waals surface area contributed by atoms with E-state index in [2.05, 4.69) is 10.2 Å². The number of benzene rings is 3. The van der Waals surface area contributed by atoms with Crippen molar-refractivity contribution >= 4 is 51.0 Å². The van der Waals surface area contributed by atoms with Crippen LogP contribution < -0.4 is 14.9 Å². The van der Waals surface area contributed by atoms with E-state index in [0.717, 1.165) is 30.2 Å². The summed E-state index contributed by atoms with van der Waals surface area (Å²) in [6, 6.07) is 14.7. The molecule has 1 heterocycles. The number of nitrogens with zero attached hydrogens (tertiary/aromatic N) is 1. The van der Waals surface area contributed by atoms with Gasteiger partial charge in [0.25, 0.3) is 11.8 Å². The monoisotopic (exact) mass is 717 g/mol. The lowest BCUT2D eigenvalue weighted by atomic mass is 9.76. The molecule has 3 aromatic rings. The predicted molar refractivity (Wildman–Crippen MR) is 180 cm³/mol. The highest BCUT2D eigenvalue weighted by Crippen LogP contribution is 2.48. The highest BCUT2D eigenvalue weighted by molar-refractivity contribution is 7.88. The third kappa shape index (κ3) is 8.12. The number of amides is 2. The molecule has 5 rings (SSSR count). The molecule has 0 saturated heterocycles. The van der Waals surface area contributed by atoms with Gasteiger partial charge in [0.05, 0.1) is 45.5 Å². The zero-order valence-electron chi connectivity index (χ0n) is 26.7. The summed E-state index contributed by atoms with van der Waals surface area (Å²) in [6.45, 7) is 0.0138. The van der Waals surface area contributed by atoms with Gasteiger partial charge < -0.3 is 14.4 Å². The molecule has 48 heavy (non-hydrogen) atoms. The summed E-state index contributed by atoms with van der Waals surface area (Å²) >= 11 is 13.1. The van der Waals surface area contributed by atoms with Gasteiger partial charge in [-0.05, 0) is 65.4 Å². The first-order valence-electron chi connectivity index (χ1n) is 15.4. The maximum absolute atomic E-state index is 14.5. The number of hydroxylamine groups is 1. The topological polar surface area (TPSA) is 140 Å². The summed E-state index contributed by atoms with van der Waals surface area (Å²) in [5.74, 6) is -1.88. The number of methoxy groups -OCH3 is 2. The molecule has 3 aromatic carbocycles. The molecular formula is C34H37Cl2N3O8S. The Morgan fingerprint density at radius 2 is 1.65 bits per heavy atom. The van der Waals surface area contributed by atoms with Gasteiger partial charge in [-0.3, -0.25) is 19.2 Å². The minimum atomic E-state index is -3.63. The van der Waals surface area contributed by atoms with Gasteiger partial charge in [-0.2, -0.15) is 0 Å². The molecule has 0 radical (unpaired) electrons. The SMILES string of the molecule is COC(=O)Cc1ccc(CONC(=O)[C@@H]2c3cc(OC)ccc3C(=O)N([C@H]3CCCC[C@@H]3NS(C)(=O)=O)[C@H]2c2ccc(Cl)cc2Cl)cc1. The molecule has 11 nitrogen and oxygen atoms in total. The number of rotatable bonds is 11. The van der Waals surface area contributed by atoms with E-state index in [9.17, 15) is 22.8 Å². The fourth-order valence-corrected chi connectivity index (χ4v) is 7.88. The van der Waals surface area contributed by atoms with Crippen molar-refractivity contribution in [1.82, 2.24) is 15.1 Å². The second-order valence-corrected chi connectivity index (χ2v) is 14.6. The van der Waals surface area contributed by atoms with Crippen molar-refractivity contribution in [2.45, 2.75) is 62.8 Å². The molecule has 0 spiro atoms. The van der Waals surface area contributed by atoms with Gasteiger partial charge in [0, 0.05) is 27.7 Å². The zero-order chi connectivity index (χ0) is 34.6. The summed E-state index contributed by atoms with van der Waals surface area (Å²) in [6.07, 6.45) is 3.76. The largest absolute Gasteiger partial charge is 0.497 e. The second-order valence-electron chi connectivity index (χ2n) is 11.9. The maximum atomic E-state index is 14.5. The Hall–Kier alpha value is -3.68. The number of fused-ring (bicyclic) bond motifs is 1. The van der Waals surface area contributed by atoms with Crippen LogP contribution in [0.4, 0.5) is 0 Å². The van der Waals surface area contributed by atoms with Crippen molar-refractivity contribution in [3.05, 3.63) is 98.5 Å². The number of esters is 1. The fourth-order valence-electron chi connectivity index (χ4n) is 6.53. The van der Waals surface area contributed by atoms with E-state index in [1.165, 1.54) is 14.2 Å². The van der Waals surface area contributed by atoms with Crippen LogP contribution in [0.1, 0.15) is 70.3 Å². The van der Waals surface area contributed by atoms with Crippen molar-refractivity contribution in [3.8, 4) is 5.75 Å². The van der Waals surface area contributed by atoms with Crippen molar-refractivity contribution in [3.63, 3.8) is 0 Å². The van der Waals surface area contributed by atoms with Crippen LogP contribution in [0.3, 0.4) is 0 Å². The Kier molecular flexibility index (Phi) is 11.3. The van der Waals surface area contributed by atoms with Crippen molar-refractivity contribution < 1.29 is 37.1 Å². The Balaban J connectivity index is 1.54. The molecule has 0 aromatic heterocycles.